The SMILES string of the molecule is CNC(=O)C(C)CN(C)Cc1cccc([N+](=O)[O-])c1N. The van der Waals surface area contributed by atoms with Crippen LogP contribution in [0.1, 0.15) is 12.5 Å². The van der Waals surface area contributed by atoms with Crippen LogP contribution in [0.5, 0.6) is 0 Å². The summed E-state index contributed by atoms with van der Waals surface area (Å²) < 4.78 is 0. The molecule has 110 valence electrons. The van der Waals surface area contributed by atoms with Crippen molar-refractivity contribution in [1.29, 1.82) is 0 Å². The van der Waals surface area contributed by atoms with E-state index in [-0.39, 0.29) is 23.2 Å². The van der Waals surface area contributed by atoms with Crippen LogP contribution in [0, 0.1) is 16.0 Å². The smallest absolute Gasteiger partial charge is 0.292 e. The number of anilines is 1. The third-order valence-electron chi connectivity index (χ3n) is 3.09. The van der Waals surface area contributed by atoms with E-state index in [1.807, 2.05) is 18.9 Å². The number of nitro benzene ring substituents is 1. The molecule has 0 aliphatic carbocycles. The molecule has 1 rings (SSSR count). The molecular weight excluding hydrogens is 260 g/mol. The second-order valence-corrected chi connectivity index (χ2v) is 4.82. The average Bonchev–Trinajstić information content (AvgIpc) is 2.39. The standard InChI is InChI=1S/C13H20N4O3/c1-9(13(18)15-2)7-16(3)8-10-5-4-6-11(12(10)14)17(19)20/h4-6,9H,7-8,14H2,1-3H3,(H,15,18). The molecule has 3 N–H and O–H groups in total. The molecule has 1 atom stereocenters. The Balaban J connectivity index is 2.76. The van der Waals surface area contributed by atoms with Gasteiger partial charge in [-0.15, -0.1) is 0 Å². The van der Waals surface area contributed by atoms with E-state index in [1.165, 1.54) is 6.07 Å². The van der Waals surface area contributed by atoms with Gasteiger partial charge in [0.05, 0.1) is 4.92 Å². The molecule has 0 heterocycles. The molecular formula is C13H20N4O3. The lowest BCUT2D eigenvalue weighted by atomic mass is 10.1. The Hall–Kier alpha value is -2.15. The minimum Gasteiger partial charge on any atom is -0.393 e. The van der Waals surface area contributed by atoms with Gasteiger partial charge < -0.3 is 16.0 Å². The number of carbonyl (C=O) groups excluding carboxylic acids is 1. The summed E-state index contributed by atoms with van der Waals surface area (Å²) >= 11 is 0. The number of nitrogen functional groups attached to an aromatic ring is 1. The summed E-state index contributed by atoms with van der Waals surface area (Å²) in [5, 5.41) is 13.4. The zero-order valence-corrected chi connectivity index (χ0v) is 11.9. The van der Waals surface area contributed by atoms with Crippen LogP contribution in [0.15, 0.2) is 18.2 Å². The normalized spacial score (nSPS) is 12.2. The molecule has 7 heteroatoms. The van der Waals surface area contributed by atoms with Crippen LogP contribution in [0.4, 0.5) is 11.4 Å². The minimum atomic E-state index is -0.494. The van der Waals surface area contributed by atoms with E-state index in [1.54, 1.807) is 19.2 Å². The summed E-state index contributed by atoms with van der Waals surface area (Å²) in [6.45, 7) is 2.82. The third-order valence-corrected chi connectivity index (χ3v) is 3.09. The van der Waals surface area contributed by atoms with E-state index >= 15 is 0 Å². The first-order valence-electron chi connectivity index (χ1n) is 6.28. The van der Waals surface area contributed by atoms with Gasteiger partial charge in [-0.2, -0.15) is 0 Å². The Labute approximate surface area is 117 Å². The lowest BCUT2D eigenvalue weighted by Crippen LogP contribution is -2.34. The zero-order valence-electron chi connectivity index (χ0n) is 11.9. The van der Waals surface area contributed by atoms with E-state index in [2.05, 4.69) is 5.32 Å². The first-order chi connectivity index (χ1) is 9.36. The predicted molar refractivity (Wildman–Crippen MR) is 77.1 cm³/mol. The van der Waals surface area contributed by atoms with Gasteiger partial charge >= 0.3 is 0 Å². The zero-order chi connectivity index (χ0) is 15.3. The average molecular weight is 280 g/mol. The highest BCUT2D eigenvalue weighted by Gasteiger charge is 2.17. The first kappa shape index (κ1) is 15.9. The summed E-state index contributed by atoms with van der Waals surface area (Å²) in [5.74, 6) is -0.200. The van der Waals surface area contributed by atoms with E-state index in [9.17, 15) is 14.9 Å². The number of nitrogens with zero attached hydrogens (tertiary/aromatic N) is 2. The third kappa shape index (κ3) is 3.92. The molecule has 20 heavy (non-hydrogen) atoms. The summed E-state index contributed by atoms with van der Waals surface area (Å²) in [6.07, 6.45) is 0. The van der Waals surface area contributed by atoms with Crippen molar-refractivity contribution in [3.8, 4) is 0 Å². The van der Waals surface area contributed by atoms with Gasteiger partial charge in [-0.05, 0) is 12.6 Å². The number of carbonyl (C=O) groups is 1. The fraction of sp³-hybridized carbons (Fsp3) is 0.462. The van der Waals surface area contributed by atoms with Crippen LogP contribution >= 0.6 is 0 Å². The fourth-order valence-corrected chi connectivity index (χ4v) is 2.05. The molecule has 1 aromatic carbocycles. The second-order valence-electron chi connectivity index (χ2n) is 4.82. The van der Waals surface area contributed by atoms with Crippen molar-refractivity contribution in [2.45, 2.75) is 13.5 Å². The maximum Gasteiger partial charge on any atom is 0.292 e. The van der Waals surface area contributed by atoms with Gasteiger partial charge in [0.2, 0.25) is 5.91 Å². The predicted octanol–water partition coefficient (Wildman–Crippen LogP) is 0.991. The maximum absolute atomic E-state index is 11.5. The minimum absolute atomic E-state index is 0.0381. The fourth-order valence-electron chi connectivity index (χ4n) is 2.05. The lowest BCUT2D eigenvalue weighted by molar-refractivity contribution is -0.384. The molecule has 0 spiro atoms. The topological polar surface area (TPSA) is 102 Å². The molecule has 0 saturated carbocycles. The van der Waals surface area contributed by atoms with Crippen molar-refractivity contribution in [3.05, 3.63) is 33.9 Å². The van der Waals surface area contributed by atoms with Crippen LogP contribution in [0.2, 0.25) is 0 Å². The highest BCUT2D eigenvalue weighted by molar-refractivity contribution is 5.78. The van der Waals surface area contributed by atoms with Crippen LogP contribution in [-0.4, -0.2) is 36.4 Å². The van der Waals surface area contributed by atoms with Crippen molar-refractivity contribution in [2.75, 3.05) is 26.4 Å². The van der Waals surface area contributed by atoms with E-state index < -0.39 is 4.92 Å². The molecule has 0 bridgehead atoms. The van der Waals surface area contributed by atoms with Crippen molar-refractivity contribution in [2.24, 2.45) is 5.92 Å². The quantitative estimate of drug-likeness (QED) is 0.459. The van der Waals surface area contributed by atoms with Gasteiger partial charge in [-0.25, -0.2) is 0 Å². The van der Waals surface area contributed by atoms with Crippen molar-refractivity contribution in [1.82, 2.24) is 10.2 Å². The largest absolute Gasteiger partial charge is 0.393 e. The summed E-state index contributed by atoms with van der Waals surface area (Å²) in [4.78, 5) is 23.7. The number of amides is 1. The molecule has 0 radical (unpaired) electrons. The number of hydrogen-bond donors (Lipinski definition) is 2. The van der Waals surface area contributed by atoms with Crippen molar-refractivity contribution >= 4 is 17.3 Å². The van der Waals surface area contributed by atoms with Gasteiger partial charge in [0.15, 0.2) is 0 Å². The Morgan fingerprint density at radius 3 is 2.75 bits per heavy atom. The molecule has 0 fully saturated rings. The number of nitrogens with one attached hydrogen (secondary N) is 1. The first-order valence-corrected chi connectivity index (χ1v) is 6.28. The second kappa shape index (κ2) is 6.85. The van der Waals surface area contributed by atoms with Gasteiger partial charge in [0.25, 0.3) is 5.69 Å². The lowest BCUT2D eigenvalue weighted by Gasteiger charge is -2.21. The number of nitrogens with two attached hydrogens (primary N) is 1. The monoisotopic (exact) mass is 280 g/mol. The van der Waals surface area contributed by atoms with Crippen LogP contribution < -0.4 is 11.1 Å². The summed E-state index contributed by atoms with van der Waals surface area (Å²) in [7, 11) is 3.44. The molecule has 1 amide bonds. The molecule has 0 aliphatic heterocycles. The van der Waals surface area contributed by atoms with Gasteiger partial charge in [0.1, 0.15) is 5.69 Å². The van der Waals surface area contributed by atoms with Gasteiger partial charge in [-0.1, -0.05) is 19.1 Å². The number of para-hydroxylation sites is 1. The van der Waals surface area contributed by atoms with Crippen LogP contribution in [0.25, 0.3) is 0 Å². The summed E-state index contributed by atoms with van der Waals surface area (Å²) in [5.41, 5.74) is 6.58. The Kier molecular flexibility index (Phi) is 5.45. The van der Waals surface area contributed by atoms with E-state index in [0.29, 0.717) is 18.7 Å². The molecule has 7 nitrogen and oxygen atoms in total. The molecule has 1 unspecified atom stereocenters. The van der Waals surface area contributed by atoms with E-state index in [4.69, 9.17) is 5.73 Å². The van der Waals surface area contributed by atoms with Gasteiger partial charge in [0, 0.05) is 32.1 Å². The number of hydrogen-bond acceptors (Lipinski definition) is 5. The number of rotatable bonds is 6. The highest BCUT2D eigenvalue weighted by Crippen LogP contribution is 2.25. The number of nitro groups is 1. The maximum atomic E-state index is 11.5. The molecule has 0 aliphatic rings. The highest BCUT2D eigenvalue weighted by atomic mass is 16.6. The molecule has 0 saturated heterocycles. The van der Waals surface area contributed by atoms with E-state index in [0.717, 1.165) is 0 Å². The summed E-state index contributed by atoms with van der Waals surface area (Å²) in [6, 6.07) is 4.75. The Morgan fingerprint density at radius 2 is 2.20 bits per heavy atom. The molecule has 0 aromatic heterocycles. The number of benzene rings is 1. The molecule has 1 aromatic rings. The van der Waals surface area contributed by atoms with Crippen molar-refractivity contribution in [3.63, 3.8) is 0 Å². The van der Waals surface area contributed by atoms with Crippen LogP contribution in [-0.2, 0) is 11.3 Å². The van der Waals surface area contributed by atoms with Gasteiger partial charge in [-0.3, -0.25) is 14.9 Å². The Morgan fingerprint density at radius 1 is 1.55 bits per heavy atom. The van der Waals surface area contributed by atoms with Crippen LogP contribution in [0.3, 0.4) is 0 Å². The Bertz CT molecular complexity index is 504. The van der Waals surface area contributed by atoms with Crippen molar-refractivity contribution < 1.29 is 9.72 Å².